The molecule has 1 aromatic heterocycles. The molecule has 0 fully saturated rings. The first kappa shape index (κ1) is 15.1. The van der Waals surface area contributed by atoms with E-state index in [1.165, 1.54) is 11.3 Å². The molecule has 1 amide bonds. The van der Waals surface area contributed by atoms with Gasteiger partial charge in [-0.1, -0.05) is 29.4 Å². The fourth-order valence-corrected chi connectivity index (χ4v) is 2.76. The number of benzene rings is 1. The second-order valence-corrected chi connectivity index (χ2v) is 5.97. The normalized spacial score (nSPS) is 11.4. The summed E-state index contributed by atoms with van der Waals surface area (Å²) in [4.78, 5) is 13.9. The average Bonchev–Trinajstić information content (AvgIpc) is 2.84. The molecule has 0 aliphatic carbocycles. The van der Waals surface area contributed by atoms with Crippen molar-refractivity contribution >= 4 is 23.1 Å². The number of oxime groups is 1. The number of amides is 1. The van der Waals surface area contributed by atoms with E-state index in [0.29, 0.717) is 12.1 Å². The molecular weight excluding hydrogens is 286 g/mol. The summed E-state index contributed by atoms with van der Waals surface area (Å²) >= 11 is 1.49. The third-order valence-corrected chi connectivity index (χ3v) is 4.35. The molecule has 0 unspecified atom stereocenters. The molecule has 0 aliphatic heterocycles. The summed E-state index contributed by atoms with van der Waals surface area (Å²) in [6.07, 6.45) is 0. The monoisotopic (exact) mass is 303 g/mol. The number of hydrogen-bond acceptors (Lipinski definition) is 4. The molecule has 0 saturated carbocycles. The molecule has 110 valence electrons. The number of thiophene rings is 1. The number of hydrogen-bond donors (Lipinski definition) is 3. The molecule has 2 rings (SSSR count). The van der Waals surface area contributed by atoms with Crippen molar-refractivity contribution in [3.05, 3.63) is 56.8 Å². The van der Waals surface area contributed by atoms with E-state index in [9.17, 15) is 4.79 Å². The Morgan fingerprint density at radius 1 is 1.33 bits per heavy atom. The lowest BCUT2D eigenvalue weighted by Gasteiger charge is -2.05. The Morgan fingerprint density at radius 2 is 2.00 bits per heavy atom. The van der Waals surface area contributed by atoms with Gasteiger partial charge in [0.15, 0.2) is 5.84 Å². The summed E-state index contributed by atoms with van der Waals surface area (Å²) in [6.45, 7) is 4.43. The molecule has 1 aromatic carbocycles. The van der Waals surface area contributed by atoms with E-state index < -0.39 is 0 Å². The van der Waals surface area contributed by atoms with Gasteiger partial charge in [-0.25, -0.2) is 0 Å². The van der Waals surface area contributed by atoms with Crippen LogP contribution in [0, 0.1) is 13.8 Å². The molecular formula is C15H17N3O2S. The lowest BCUT2D eigenvalue weighted by atomic mass is 10.1. The first-order valence-electron chi connectivity index (χ1n) is 6.43. The number of carbonyl (C=O) groups excluding carboxylic acids is 1. The van der Waals surface area contributed by atoms with E-state index in [1.54, 1.807) is 12.1 Å². The first-order valence-corrected chi connectivity index (χ1v) is 7.25. The lowest BCUT2D eigenvalue weighted by molar-refractivity contribution is 0.0955. The first-order chi connectivity index (χ1) is 10.0. The van der Waals surface area contributed by atoms with Gasteiger partial charge in [-0.2, -0.15) is 0 Å². The van der Waals surface area contributed by atoms with Crippen LogP contribution in [0.15, 0.2) is 35.5 Å². The number of rotatable bonds is 4. The third-order valence-electron chi connectivity index (χ3n) is 3.20. The zero-order chi connectivity index (χ0) is 15.4. The third kappa shape index (κ3) is 3.61. The van der Waals surface area contributed by atoms with Crippen LogP contribution in [0.5, 0.6) is 0 Å². The van der Waals surface area contributed by atoms with Crippen molar-refractivity contribution in [2.75, 3.05) is 0 Å². The van der Waals surface area contributed by atoms with E-state index in [0.717, 1.165) is 20.9 Å². The van der Waals surface area contributed by atoms with E-state index in [-0.39, 0.29) is 11.7 Å². The Morgan fingerprint density at radius 3 is 2.52 bits per heavy atom. The van der Waals surface area contributed by atoms with E-state index in [4.69, 9.17) is 10.9 Å². The number of nitrogens with zero attached hydrogens (tertiary/aromatic N) is 1. The van der Waals surface area contributed by atoms with Crippen molar-refractivity contribution in [2.24, 2.45) is 10.9 Å². The van der Waals surface area contributed by atoms with Gasteiger partial charge in [-0.05, 0) is 31.0 Å². The van der Waals surface area contributed by atoms with Crippen LogP contribution < -0.4 is 11.1 Å². The molecule has 0 atom stereocenters. The van der Waals surface area contributed by atoms with Gasteiger partial charge in [0.05, 0.1) is 4.88 Å². The minimum absolute atomic E-state index is 0.0649. The minimum atomic E-state index is -0.0725. The minimum Gasteiger partial charge on any atom is -0.409 e. The zero-order valence-electron chi connectivity index (χ0n) is 11.9. The van der Waals surface area contributed by atoms with Crippen LogP contribution in [-0.2, 0) is 6.54 Å². The van der Waals surface area contributed by atoms with Crippen LogP contribution in [0.25, 0.3) is 0 Å². The van der Waals surface area contributed by atoms with Crippen molar-refractivity contribution in [3.63, 3.8) is 0 Å². The second kappa shape index (κ2) is 6.41. The van der Waals surface area contributed by atoms with Crippen LogP contribution in [-0.4, -0.2) is 17.0 Å². The highest BCUT2D eigenvalue weighted by Crippen LogP contribution is 2.20. The molecule has 0 radical (unpaired) electrons. The summed E-state index contributed by atoms with van der Waals surface area (Å²) in [6, 6.07) is 9.06. The van der Waals surface area contributed by atoms with Crippen molar-refractivity contribution in [1.82, 2.24) is 5.32 Å². The summed E-state index contributed by atoms with van der Waals surface area (Å²) < 4.78 is 0. The van der Waals surface area contributed by atoms with Gasteiger partial charge in [-0.15, -0.1) is 11.3 Å². The maximum atomic E-state index is 12.0. The Hall–Kier alpha value is -2.34. The average molecular weight is 303 g/mol. The number of aryl methyl sites for hydroxylation is 2. The molecule has 21 heavy (non-hydrogen) atoms. The van der Waals surface area contributed by atoms with Crippen LogP contribution >= 0.6 is 11.3 Å². The number of amidine groups is 1. The Kier molecular flexibility index (Phi) is 4.59. The van der Waals surface area contributed by atoms with Gasteiger partial charge < -0.3 is 16.3 Å². The highest BCUT2D eigenvalue weighted by molar-refractivity contribution is 7.14. The van der Waals surface area contributed by atoms with Gasteiger partial charge in [0.1, 0.15) is 0 Å². The van der Waals surface area contributed by atoms with Crippen molar-refractivity contribution in [2.45, 2.75) is 20.4 Å². The Bertz CT molecular complexity index is 655. The molecule has 5 nitrogen and oxygen atoms in total. The van der Waals surface area contributed by atoms with E-state index in [2.05, 4.69) is 10.5 Å². The van der Waals surface area contributed by atoms with E-state index >= 15 is 0 Å². The molecule has 6 heteroatoms. The predicted octanol–water partition coefficient (Wildman–Crippen LogP) is 2.39. The molecule has 0 spiro atoms. The number of carbonyl (C=O) groups is 1. The fraction of sp³-hybridized carbons (Fsp3) is 0.200. The van der Waals surface area contributed by atoms with Crippen LogP contribution in [0.3, 0.4) is 0 Å². The maximum absolute atomic E-state index is 12.0. The van der Waals surface area contributed by atoms with Crippen molar-refractivity contribution in [3.8, 4) is 0 Å². The molecule has 0 saturated heterocycles. The fourth-order valence-electron chi connectivity index (χ4n) is 1.81. The summed E-state index contributed by atoms with van der Waals surface area (Å²) in [5.41, 5.74) is 8.21. The van der Waals surface area contributed by atoms with Gasteiger partial charge in [0, 0.05) is 17.0 Å². The summed E-state index contributed by atoms with van der Waals surface area (Å²) in [7, 11) is 0. The number of nitrogens with two attached hydrogens (primary N) is 1. The van der Waals surface area contributed by atoms with Crippen molar-refractivity contribution < 1.29 is 10.0 Å². The maximum Gasteiger partial charge on any atom is 0.261 e. The van der Waals surface area contributed by atoms with Crippen LogP contribution in [0.1, 0.15) is 31.2 Å². The smallest absolute Gasteiger partial charge is 0.261 e. The van der Waals surface area contributed by atoms with Gasteiger partial charge in [0.25, 0.3) is 5.91 Å². The predicted molar refractivity (Wildman–Crippen MR) is 83.9 cm³/mol. The van der Waals surface area contributed by atoms with Crippen LogP contribution in [0.4, 0.5) is 0 Å². The molecule has 1 heterocycles. The van der Waals surface area contributed by atoms with Crippen LogP contribution in [0.2, 0.25) is 0 Å². The molecule has 4 N–H and O–H groups in total. The highest BCUT2D eigenvalue weighted by atomic mass is 32.1. The van der Waals surface area contributed by atoms with Gasteiger partial charge in [-0.3, -0.25) is 4.79 Å². The van der Waals surface area contributed by atoms with Gasteiger partial charge >= 0.3 is 0 Å². The zero-order valence-corrected chi connectivity index (χ0v) is 12.7. The Balaban J connectivity index is 1.98. The molecule has 0 bridgehead atoms. The topological polar surface area (TPSA) is 87.7 Å². The molecule has 0 aliphatic rings. The SMILES string of the molecule is Cc1cc(C(=O)NCc2ccc(C(N)=NO)cc2)sc1C. The quantitative estimate of drug-likeness (QED) is 0.351. The second-order valence-electron chi connectivity index (χ2n) is 4.71. The highest BCUT2D eigenvalue weighted by Gasteiger charge is 2.10. The summed E-state index contributed by atoms with van der Waals surface area (Å²) in [5, 5.41) is 14.4. The Labute approximate surface area is 127 Å². The van der Waals surface area contributed by atoms with Gasteiger partial charge in [0.2, 0.25) is 0 Å². The van der Waals surface area contributed by atoms with Crippen molar-refractivity contribution in [1.29, 1.82) is 0 Å². The van der Waals surface area contributed by atoms with E-state index in [1.807, 2.05) is 32.0 Å². The largest absolute Gasteiger partial charge is 0.409 e. The standard InChI is InChI=1S/C15H17N3O2S/c1-9-7-13(21-10(9)2)15(19)17-8-11-3-5-12(6-4-11)14(16)18-20/h3-7,20H,8H2,1-2H3,(H2,16,18)(H,17,19). The number of nitrogens with one attached hydrogen (secondary N) is 1. The lowest BCUT2D eigenvalue weighted by Crippen LogP contribution is -2.22. The molecule has 2 aromatic rings. The summed E-state index contributed by atoms with van der Waals surface area (Å²) in [5.74, 6) is -0.00756.